The summed E-state index contributed by atoms with van der Waals surface area (Å²) in [6.45, 7) is 0. The van der Waals surface area contributed by atoms with Crippen LogP contribution in [0.25, 0.3) is 0 Å². The van der Waals surface area contributed by atoms with E-state index < -0.39 is 17.4 Å². The summed E-state index contributed by atoms with van der Waals surface area (Å²) in [6, 6.07) is 14.6. The second-order valence-electron chi connectivity index (χ2n) is 6.26. The Kier molecular flexibility index (Phi) is 2.93. The van der Waals surface area contributed by atoms with E-state index >= 15 is 0 Å². The van der Waals surface area contributed by atoms with E-state index in [9.17, 15) is 14.7 Å². The Morgan fingerprint density at radius 2 is 1.78 bits per heavy atom. The summed E-state index contributed by atoms with van der Waals surface area (Å²) in [7, 11) is 1.64. The van der Waals surface area contributed by atoms with Crippen molar-refractivity contribution in [3.63, 3.8) is 0 Å². The summed E-state index contributed by atoms with van der Waals surface area (Å²) in [6.07, 6.45) is 1.16. The molecule has 4 nitrogen and oxygen atoms in total. The molecule has 1 aliphatic carbocycles. The summed E-state index contributed by atoms with van der Waals surface area (Å²) in [5.74, 6) is -1.31. The zero-order valence-corrected chi connectivity index (χ0v) is 12.8. The van der Waals surface area contributed by atoms with Crippen LogP contribution in [0.1, 0.15) is 27.9 Å². The molecule has 4 rings (SSSR count). The number of fused-ring (bicyclic) bond motifs is 2. The van der Waals surface area contributed by atoms with Crippen LogP contribution in [0.3, 0.4) is 0 Å². The molecule has 0 fully saturated rings. The normalized spacial score (nSPS) is 26.2. The Labute approximate surface area is 134 Å². The zero-order valence-electron chi connectivity index (χ0n) is 12.8. The van der Waals surface area contributed by atoms with E-state index in [1.807, 2.05) is 24.3 Å². The molecule has 1 amide bonds. The molecule has 23 heavy (non-hydrogen) atoms. The van der Waals surface area contributed by atoms with Crippen molar-refractivity contribution in [3.05, 3.63) is 65.2 Å². The Morgan fingerprint density at radius 3 is 2.61 bits per heavy atom. The third kappa shape index (κ3) is 1.75. The first-order valence-electron chi connectivity index (χ1n) is 7.77. The fourth-order valence-corrected chi connectivity index (χ4v) is 3.90. The smallest absolute Gasteiger partial charge is 0.264 e. The van der Waals surface area contributed by atoms with Crippen molar-refractivity contribution in [2.45, 2.75) is 18.4 Å². The number of hydrogen-bond acceptors (Lipinski definition) is 3. The maximum atomic E-state index is 12.9. The average Bonchev–Trinajstić information content (AvgIpc) is 2.78. The Bertz CT molecular complexity index is 829. The Morgan fingerprint density at radius 1 is 1.09 bits per heavy atom. The van der Waals surface area contributed by atoms with E-state index in [-0.39, 0.29) is 5.78 Å². The molecule has 2 aromatic rings. The molecule has 1 heterocycles. The molecule has 0 bridgehead atoms. The molecule has 2 aliphatic rings. The highest BCUT2D eigenvalue weighted by Gasteiger charge is 2.56. The van der Waals surface area contributed by atoms with Gasteiger partial charge in [0.05, 0.1) is 11.6 Å². The number of aliphatic hydroxyl groups is 1. The predicted molar refractivity (Wildman–Crippen MR) is 86.3 cm³/mol. The maximum absolute atomic E-state index is 12.9. The van der Waals surface area contributed by atoms with Gasteiger partial charge >= 0.3 is 0 Å². The van der Waals surface area contributed by atoms with Crippen LogP contribution >= 0.6 is 0 Å². The number of anilines is 1. The number of benzene rings is 2. The minimum absolute atomic E-state index is 0.146. The van der Waals surface area contributed by atoms with E-state index in [0.717, 1.165) is 5.56 Å². The topological polar surface area (TPSA) is 57.6 Å². The highest BCUT2D eigenvalue weighted by molar-refractivity contribution is 6.12. The number of likely N-dealkylation sites (N-methyl/N-ethyl adjacent to an activating group) is 1. The van der Waals surface area contributed by atoms with Crippen molar-refractivity contribution in [1.29, 1.82) is 0 Å². The summed E-state index contributed by atoms with van der Waals surface area (Å²) < 4.78 is 0. The minimum Gasteiger partial charge on any atom is -0.375 e. The number of aryl methyl sites for hydroxylation is 1. The number of amides is 1. The molecule has 0 radical (unpaired) electrons. The van der Waals surface area contributed by atoms with Gasteiger partial charge < -0.3 is 10.0 Å². The van der Waals surface area contributed by atoms with Gasteiger partial charge in [-0.1, -0.05) is 42.5 Å². The number of rotatable bonds is 1. The van der Waals surface area contributed by atoms with Gasteiger partial charge in [0, 0.05) is 18.2 Å². The molecule has 2 aromatic carbocycles. The third-order valence-corrected chi connectivity index (χ3v) is 5.11. The molecule has 0 unspecified atom stereocenters. The van der Waals surface area contributed by atoms with Gasteiger partial charge in [0.15, 0.2) is 11.4 Å². The minimum atomic E-state index is -1.77. The van der Waals surface area contributed by atoms with Crippen LogP contribution in [0.4, 0.5) is 5.69 Å². The Hall–Kier alpha value is -2.46. The molecule has 0 aromatic heterocycles. The van der Waals surface area contributed by atoms with Gasteiger partial charge in [0.25, 0.3) is 5.91 Å². The molecule has 0 saturated heterocycles. The second-order valence-corrected chi connectivity index (χ2v) is 6.26. The molecular formula is C19H17NO3. The molecule has 2 atom stereocenters. The van der Waals surface area contributed by atoms with Crippen molar-refractivity contribution >= 4 is 17.4 Å². The van der Waals surface area contributed by atoms with Crippen LogP contribution in [0.15, 0.2) is 48.5 Å². The fraction of sp³-hybridized carbons (Fsp3) is 0.263. The highest BCUT2D eigenvalue weighted by Crippen LogP contribution is 2.47. The average molecular weight is 307 g/mol. The lowest BCUT2D eigenvalue weighted by atomic mass is 9.71. The standard InChI is InChI=1S/C19H17NO3/c1-20-16-9-5-4-8-14(16)19(23,18(20)22)15-11-10-12-6-2-3-7-13(12)17(15)21/h2-9,15,23H,10-11H2,1H3/t15-,19+/m0/s1. The van der Waals surface area contributed by atoms with Gasteiger partial charge in [-0.05, 0) is 24.5 Å². The van der Waals surface area contributed by atoms with Crippen molar-refractivity contribution in [2.24, 2.45) is 5.92 Å². The van der Waals surface area contributed by atoms with Crippen molar-refractivity contribution in [2.75, 3.05) is 11.9 Å². The molecule has 1 N–H and O–H groups in total. The zero-order chi connectivity index (χ0) is 16.2. The maximum Gasteiger partial charge on any atom is 0.264 e. The van der Waals surface area contributed by atoms with Gasteiger partial charge in [-0.2, -0.15) is 0 Å². The van der Waals surface area contributed by atoms with Crippen molar-refractivity contribution < 1.29 is 14.7 Å². The number of Topliss-reactive ketones (excluding diaryl/α,β-unsaturated/α-hetero) is 1. The SMILES string of the molecule is CN1C(=O)[C@](O)([C@H]2CCc3ccccc3C2=O)c2ccccc21. The van der Waals surface area contributed by atoms with E-state index in [2.05, 4.69) is 0 Å². The van der Waals surface area contributed by atoms with Gasteiger partial charge in [0.2, 0.25) is 0 Å². The van der Waals surface area contributed by atoms with E-state index in [4.69, 9.17) is 0 Å². The lowest BCUT2D eigenvalue weighted by Gasteiger charge is -2.34. The first-order valence-corrected chi connectivity index (χ1v) is 7.77. The quantitative estimate of drug-likeness (QED) is 0.879. The fourth-order valence-electron chi connectivity index (χ4n) is 3.90. The monoisotopic (exact) mass is 307 g/mol. The van der Waals surface area contributed by atoms with Crippen LogP contribution in [0, 0.1) is 5.92 Å². The van der Waals surface area contributed by atoms with Crippen molar-refractivity contribution in [3.8, 4) is 0 Å². The molecule has 0 spiro atoms. The predicted octanol–water partition coefficient (Wildman–Crippen LogP) is 2.30. The third-order valence-electron chi connectivity index (χ3n) is 5.11. The van der Waals surface area contributed by atoms with Crippen LogP contribution < -0.4 is 4.90 Å². The van der Waals surface area contributed by atoms with Crippen LogP contribution in [0.5, 0.6) is 0 Å². The van der Waals surface area contributed by atoms with Gasteiger partial charge in [0.1, 0.15) is 0 Å². The van der Waals surface area contributed by atoms with E-state index in [1.54, 1.807) is 31.3 Å². The molecule has 116 valence electrons. The number of hydrogen-bond donors (Lipinski definition) is 1. The second kappa shape index (κ2) is 4.77. The lowest BCUT2D eigenvalue weighted by Crippen LogP contribution is -2.49. The number of nitrogens with zero attached hydrogens (tertiary/aromatic N) is 1. The largest absolute Gasteiger partial charge is 0.375 e. The van der Waals surface area contributed by atoms with Crippen LogP contribution in [-0.2, 0) is 16.8 Å². The molecule has 0 saturated carbocycles. The number of carbonyl (C=O) groups excluding carboxylic acids is 2. The summed E-state index contributed by atoms with van der Waals surface area (Å²) in [5.41, 5.74) is 1.05. The van der Waals surface area contributed by atoms with Crippen LogP contribution in [0.2, 0.25) is 0 Å². The van der Waals surface area contributed by atoms with Gasteiger partial charge in [-0.3, -0.25) is 9.59 Å². The van der Waals surface area contributed by atoms with E-state index in [0.29, 0.717) is 29.7 Å². The molecule has 4 heteroatoms. The van der Waals surface area contributed by atoms with E-state index in [1.165, 1.54) is 4.90 Å². The number of carbonyl (C=O) groups is 2. The summed E-state index contributed by atoms with van der Waals surface area (Å²) in [4.78, 5) is 27.2. The first-order chi connectivity index (χ1) is 11.0. The van der Waals surface area contributed by atoms with Gasteiger partial charge in [-0.15, -0.1) is 0 Å². The lowest BCUT2D eigenvalue weighted by molar-refractivity contribution is -0.140. The molecule has 1 aliphatic heterocycles. The van der Waals surface area contributed by atoms with Crippen molar-refractivity contribution in [1.82, 2.24) is 0 Å². The number of ketones is 1. The summed E-state index contributed by atoms with van der Waals surface area (Å²) in [5, 5.41) is 11.3. The molecular weight excluding hydrogens is 290 g/mol. The first kappa shape index (κ1) is 14.2. The van der Waals surface area contributed by atoms with Gasteiger partial charge in [-0.25, -0.2) is 0 Å². The number of para-hydroxylation sites is 1. The van der Waals surface area contributed by atoms with Crippen LogP contribution in [-0.4, -0.2) is 23.8 Å². The Balaban J connectivity index is 1.85. The highest BCUT2D eigenvalue weighted by atomic mass is 16.3. The summed E-state index contributed by atoms with van der Waals surface area (Å²) >= 11 is 0.